The van der Waals surface area contributed by atoms with E-state index in [1.165, 1.54) is 19.3 Å². The molecule has 3 nitrogen and oxygen atoms in total. The molecule has 3 heteroatoms. The molecule has 0 amide bonds. The van der Waals surface area contributed by atoms with E-state index in [1.54, 1.807) is 0 Å². The van der Waals surface area contributed by atoms with Crippen LogP contribution in [0.25, 0.3) is 0 Å². The highest BCUT2D eigenvalue weighted by Crippen LogP contribution is 2.25. The lowest BCUT2D eigenvalue weighted by atomic mass is 9.98. The first kappa shape index (κ1) is 6.98. The van der Waals surface area contributed by atoms with Gasteiger partial charge in [0.2, 0.25) is 0 Å². The Kier molecular flexibility index (Phi) is 1.53. The lowest BCUT2D eigenvalue weighted by molar-refractivity contribution is 0.286. The highest BCUT2D eigenvalue weighted by atomic mass is 15.2. The SMILES string of the molecule is NC1=CCCC2(CCCN2)N1. The standard InChI is InChI=1S/C8H15N3/c9-7-3-1-4-8(11-7)5-2-6-10-8/h3,10-11H,1-2,4-6,9H2. The summed E-state index contributed by atoms with van der Waals surface area (Å²) in [6.07, 6.45) is 6.81. The van der Waals surface area contributed by atoms with Crippen LogP contribution in [0, 0.1) is 0 Å². The van der Waals surface area contributed by atoms with Crippen LogP contribution in [-0.4, -0.2) is 12.2 Å². The van der Waals surface area contributed by atoms with Crippen molar-refractivity contribution in [2.75, 3.05) is 6.54 Å². The maximum Gasteiger partial charge on any atom is 0.0933 e. The van der Waals surface area contributed by atoms with Gasteiger partial charge in [-0.05, 0) is 38.3 Å². The lowest BCUT2D eigenvalue weighted by Gasteiger charge is -2.34. The van der Waals surface area contributed by atoms with Gasteiger partial charge in [-0.3, -0.25) is 5.32 Å². The van der Waals surface area contributed by atoms with Crippen LogP contribution in [0.3, 0.4) is 0 Å². The highest BCUT2D eigenvalue weighted by Gasteiger charge is 2.34. The Hall–Kier alpha value is -0.700. The molecule has 1 fully saturated rings. The minimum absolute atomic E-state index is 0.152. The second-order valence-electron chi connectivity index (χ2n) is 3.44. The Morgan fingerprint density at radius 1 is 1.45 bits per heavy atom. The summed E-state index contributed by atoms with van der Waals surface area (Å²) in [7, 11) is 0. The summed E-state index contributed by atoms with van der Waals surface area (Å²) in [5, 5.41) is 6.79. The van der Waals surface area contributed by atoms with Crippen LogP contribution >= 0.6 is 0 Å². The van der Waals surface area contributed by atoms with Crippen molar-refractivity contribution in [1.82, 2.24) is 10.6 Å². The Bertz CT molecular complexity index is 180. The van der Waals surface area contributed by atoms with Gasteiger partial charge in [0.1, 0.15) is 0 Å². The van der Waals surface area contributed by atoms with Gasteiger partial charge >= 0.3 is 0 Å². The smallest absolute Gasteiger partial charge is 0.0933 e. The van der Waals surface area contributed by atoms with Crippen LogP contribution in [0.4, 0.5) is 0 Å². The molecule has 0 radical (unpaired) electrons. The Balaban J connectivity index is 2.09. The molecular weight excluding hydrogens is 138 g/mol. The Morgan fingerprint density at radius 2 is 2.36 bits per heavy atom. The molecule has 1 saturated heterocycles. The minimum Gasteiger partial charge on any atom is -0.386 e. The normalized spacial score (nSPS) is 36.9. The van der Waals surface area contributed by atoms with E-state index in [4.69, 9.17) is 5.73 Å². The first-order chi connectivity index (χ1) is 5.31. The fourth-order valence-corrected chi connectivity index (χ4v) is 1.99. The molecule has 11 heavy (non-hydrogen) atoms. The summed E-state index contributed by atoms with van der Waals surface area (Å²) in [5.41, 5.74) is 5.85. The molecule has 2 aliphatic rings. The molecule has 2 aliphatic heterocycles. The van der Waals surface area contributed by atoms with E-state index in [0.717, 1.165) is 18.8 Å². The Morgan fingerprint density at radius 3 is 3.00 bits per heavy atom. The van der Waals surface area contributed by atoms with Crippen LogP contribution in [0.5, 0.6) is 0 Å². The summed E-state index contributed by atoms with van der Waals surface area (Å²) in [6.45, 7) is 1.13. The second-order valence-corrected chi connectivity index (χ2v) is 3.44. The van der Waals surface area contributed by atoms with E-state index in [1.807, 2.05) is 0 Å². The fourth-order valence-electron chi connectivity index (χ4n) is 1.99. The van der Waals surface area contributed by atoms with Crippen LogP contribution in [0.1, 0.15) is 25.7 Å². The molecule has 1 atom stereocenters. The molecule has 4 N–H and O–H groups in total. The third-order valence-corrected chi connectivity index (χ3v) is 2.56. The molecule has 0 saturated carbocycles. The van der Waals surface area contributed by atoms with Crippen LogP contribution in [0.15, 0.2) is 11.9 Å². The van der Waals surface area contributed by atoms with E-state index in [2.05, 4.69) is 16.7 Å². The number of hydrogen-bond acceptors (Lipinski definition) is 3. The predicted molar refractivity (Wildman–Crippen MR) is 44.6 cm³/mol. The fraction of sp³-hybridized carbons (Fsp3) is 0.750. The maximum atomic E-state index is 5.70. The minimum atomic E-state index is 0.152. The maximum absolute atomic E-state index is 5.70. The van der Waals surface area contributed by atoms with E-state index in [0.29, 0.717) is 0 Å². The molecule has 62 valence electrons. The molecule has 0 aromatic rings. The van der Waals surface area contributed by atoms with Gasteiger partial charge in [-0.25, -0.2) is 0 Å². The molecule has 1 spiro atoms. The van der Waals surface area contributed by atoms with Gasteiger partial charge in [-0.1, -0.05) is 0 Å². The second kappa shape index (κ2) is 2.41. The van der Waals surface area contributed by atoms with Crippen LogP contribution in [-0.2, 0) is 0 Å². The number of allylic oxidation sites excluding steroid dienone is 1. The molecule has 0 bridgehead atoms. The topological polar surface area (TPSA) is 50.1 Å². The lowest BCUT2D eigenvalue weighted by Crippen LogP contribution is -2.55. The summed E-state index contributed by atoms with van der Waals surface area (Å²) in [6, 6.07) is 0. The largest absolute Gasteiger partial charge is 0.386 e. The third kappa shape index (κ3) is 1.20. The van der Waals surface area contributed by atoms with Gasteiger partial charge in [0, 0.05) is 0 Å². The van der Waals surface area contributed by atoms with Gasteiger partial charge in [0.05, 0.1) is 11.5 Å². The molecule has 0 aliphatic carbocycles. The molecular formula is C8H15N3. The first-order valence-corrected chi connectivity index (χ1v) is 4.30. The summed E-state index contributed by atoms with van der Waals surface area (Å²) in [5.74, 6) is 0.839. The average Bonchev–Trinajstić information content (AvgIpc) is 2.37. The number of nitrogens with one attached hydrogen (secondary N) is 2. The predicted octanol–water partition coefficient (Wildman–Crippen LogP) is 0.250. The van der Waals surface area contributed by atoms with Crippen molar-refractivity contribution in [3.8, 4) is 0 Å². The molecule has 0 aromatic heterocycles. The van der Waals surface area contributed by atoms with E-state index in [-0.39, 0.29) is 5.66 Å². The van der Waals surface area contributed by atoms with Gasteiger partial charge < -0.3 is 11.1 Å². The van der Waals surface area contributed by atoms with E-state index in [9.17, 15) is 0 Å². The number of nitrogens with two attached hydrogens (primary N) is 1. The highest BCUT2D eigenvalue weighted by molar-refractivity contribution is 5.08. The molecule has 0 aromatic carbocycles. The average molecular weight is 153 g/mol. The Labute approximate surface area is 67.0 Å². The van der Waals surface area contributed by atoms with Gasteiger partial charge in [0.15, 0.2) is 0 Å². The third-order valence-electron chi connectivity index (χ3n) is 2.56. The van der Waals surface area contributed by atoms with Crippen molar-refractivity contribution >= 4 is 0 Å². The van der Waals surface area contributed by atoms with Crippen molar-refractivity contribution < 1.29 is 0 Å². The van der Waals surface area contributed by atoms with Crippen molar-refractivity contribution in [2.24, 2.45) is 5.73 Å². The van der Waals surface area contributed by atoms with Gasteiger partial charge in [-0.15, -0.1) is 0 Å². The van der Waals surface area contributed by atoms with Gasteiger partial charge in [0.25, 0.3) is 0 Å². The summed E-state index contributed by atoms with van der Waals surface area (Å²) in [4.78, 5) is 0. The van der Waals surface area contributed by atoms with E-state index < -0.39 is 0 Å². The zero-order valence-corrected chi connectivity index (χ0v) is 6.69. The number of hydrogen-bond donors (Lipinski definition) is 3. The van der Waals surface area contributed by atoms with E-state index >= 15 is 0 Å². The van der Waals surface area contributed by atoms with Crippen molar-refractivity contribution in [3.63, 3.8) is 0 Å². The zero-order chi connectivity index (χ0) is 7.73. The molecule has 2 heterocycles. The van der Waals surface area contributed by atoms with Crippen LogP contribution in [0.2, 0.25) is 0 Å². The van der Waals surface area contributed by atoms with Crippen LogP contribution < -0.4 is 16.4 Å². The first-order valence-electron chi connectivity index (χ1n) is 4.30. The zero-order valence-electron chi connectivity index (χ0n) is 6.69. The van der Waals surface area contributed by atoms with Crippen molar-refractivity contribution in [1.29, 1.82) is 0 Å². The van der Waals surface area contributed by atoms with Gasteiger partial charge in [-0.2, -0.15) is 0 Å². The molecule has 2 rings (SSSR count). The van der Waals surface area contributed by atoms with Crippen molar-refractivity contribution in [2.45, 2.75) is 31.3 Å². The summed E-state index contributed by atoms with van der Waals surface area (Å²) < 4.78 is 0. The van der Waals surface area contributed by atoms with Crippen molar-refractivity contribution in [3.05, 3.63) is 11.9 Å². The monoisotopic (exact) mass is 153 g/mol. The molecule has 1 unspecified atom stereocenters. The number of rotatable bonds is 0. The quantitative estimate of drug-likeness (QED) is 0.467. The summed E-state index contributed by atoms with van der Waals surface area (Å²) >= 11 is 0.